The lowest BCUT2D eigenvalue weighted by Gasteiger charge is -2.41. The summed E-state index contributed by atoms with van der Waals surface area (Å²) in [4.78, 5) is 2.51. The summed E-state index contributed by atoms with van der Waals surface area (Å²) in [7, 11) is 1.89. The molecule has 3 atom stereocenters. The van der Waals surface area contributed by atoms with Gasteiger partial charge >= 0.3 is 0 Å². The number of hydrogen-bond acceptors (Lipinski definition) is 5. The van der Waals surface area contributed by atoms with E-state index in [1.807, 2.05) is 19.0 Å². The first-order valence-corrected chi connectivity index (χ1v) is 11.7. The molecule has 0 saturated carbocycles. The summed E-state index contributed by atoms with van der Waals surface area (Å²) in [6, 6.07) is 0.303. The fourth-order valence-electron chi connectivity index (χ4n) is 4.75. The van der Waals surface area contributed by atoms with E-state index in [9.17, 15) is 8.78 Å². The maximum Gasteiger partial charge on any atom is 0.106 e. The van der Waals surface area contributed by atoms with Gasteiger partial charge in [0.15, 0.2) is 0 Å². The summed E-state index contributed by atoms with van der Waals surface area (Å²) >= 11 is 1.97. The maximum atomic E-state index is 14.4. The number of likely N-dealkylation sites (N-methyl/N-ethyl adjacent to an activating group) is 1. The Kier molecular flexibility index (Phi) is 6.81. The number of nitrogens with zero attached hydrogens (tertiary/aromatic N) is 2. The van der Waals surface area contributed by atoms with Gasteiger partial charge in [-0.3, -0.25) is 4.90 Å². The third kappa shape index (κ3) is 4.79. The molecule has 3 aliphatic heterocycles. The SMILES string of the molecule is CNC1CC(N2CC3=C(CN(SCC(C)C)C3)C2)CO[C@@H]1C1=C(F)CCC(F)=C1. The van der Waals surface area contributed by atoms with Crippen molar-refractivity contribution in [2.24, 2.45) is 5.92 Å². The second-order valence-electron chi connectivity index (χ2n) is 9.09. The summed E-state index contributed by atoms with van der Waals surface area (Å²) < 4.78 is 36.7. The van der Waals surface area contributed by atoms with Crippen LogP contribution in [0.4, 0.5) is 8.78 Å². The lowest BCUT2D eigenvalue weighted by Crippen LogP contribution is -2.53. The van der Waals surface area contributed by atoms with E-state index >= 15 is 0 Å². The predicted octanol–water partition coefficient (Wildman–Crippen LogP) is 3.83. The smallest absolute Gasteiger partial charge is 0.106 e. The molecule has 0 radical (unpaired) electrons. The molecule has 1 fully saturated rings. The molecule has 0 aromatic heterocycles. The molecule has 0 bridgehead atoms. The Bertz CT molecular complexity index is 703. The van der Waals surface area contributed by atoms with Gasteiger partial charge in [-0.15, -0.1) is 0 Å². The molecule has 1 aliphatic carbocycles. The molecule has 0 aromatic rings. The average Bonchev–Trinajstić information content (AvgIpc) is 3.26. The predicted molar refractivity (Wildman–Crippen MR) is 115 cm³/mol. The van der Waals surface area contributed by atoms with Crippen molar-refractivity contribution in [1.29, 1.82) is 0 Å². The van der Waals surface area contributed by atoms with E-state index in [-0.39, 0.29) is 30.5 Å². The third-order valence-corrected chi connectivity index (χ3v) is 7.81. The number of hydrogen-bond donors (Lipinski definition) is 1. The first kappa shape index (κ1) is 21.5. The van der Waals surface area contributed by atoms with E-state index < -0.39 is 6.10 Å². The van der Waals surface area contributed by atoms with Crippen LogP contribution < -0.4 is 5.32 Å². The van der Waals surface area contributed by atoms with Crippen LogP contribution in [0.2, 0.25) is 0 Å². The quantitative estimate of drug-likeness (QED) is 0.516. The van der Waals surface area contributed by atoms with Gasteiger partial charge in [-0.05, 0) is 36.6 Å². The second kappa shape index (κ2) is 9.18. The molecule has 0 aromatic carbocycles. The van der Waals surface area contributed by atoms with Crippen LogP contribution in [0.25, 0.3) is 0 Å². The van der Waals surface area contributed by atoms with Crippen molar-refractivity contribution in [1.82, 2.24) is 14.5 Å². The van der Waals surface area contributed by atoms with Crippen molar-refractivity contribution < 1.29 is 13.5 Å². The second-order valence-corrected chi connectivity index (χ2v) is 10.2. The summed E-state index contributed by atoms with van der Waals surface area (Å²) in [5.74, 6) is 1.41. The van der Waals surface area contributed by atoms with Crippen LogP contribution in [0.1, 0.15) is 33.1 Å². The molecule has 162 valence electrons. The monoisotopic (exact) mass is 425 g/mol. The van der Waals surface area contributed by atoms with Crippen molar-refractivity contribution in [3.63, 3.8) is 0 Å². The molecule has 7 heteroatoms. The maximum absolute atomic E-state index is 14.4. The third-order valence-electron chi connectivity index (χ3n) is 6.37. The molecule has 0 amide bonds. The highest BCUT2D eigenvalue weighted by atomic mass is 32.2. The number of ether oxygens (including phenoxy) is 1. The summed E-state index contributed by atoms with van der Waals surface area (Å²) in [6.07, 6.45) is 2.13. The van der Waals surface area contributed by atoms with Crippen LogP contribution in [0.15, 0.2) is 34.4 Å². The van der Waals surface area contributed by atoms with Crippen molar-refractivity contribution in [3.05, 3.63) is 34.4 Å². The largest absolute Gasteiger partial charge is 0.370 e. The van der Waals surface area contributed by atoms with Crippen LogP contribution in [0.5, 0.6) is 0 Å². The van der Waals surface area contributed by atoms with E-state index in [4.69, 9.17) is 4.74 Å². The van der Waals surface area contributed by atoms with Gasteiger partial charge in [0, 0.05) is 62.4 Å². The number of halogens is 2. The molecule has 29 heavy (non-hydrogen) atoms. The molecule has 1 saturated heterocycles. The Morgan fingerprint density at radius 3 is 2.55 bits per heavy atom. The lowest BCUT2D eigenvalue weighted by atomic mass is 9.89. The number of allylic oxidation sites excluding steroid dienone is 2. The minimum absolute atomic E-state index is 0.00909. The highest BCUT2D eigenvalue weighted by Gasteiger charge is 2.40. The Hall–Kier alpha value is -0.730. The van der Waals surface area contributed by atoms with Crippen molar-refractivity contribution in [3.8, 4) is 0 Å². The zero-order valence-electron chi connectivity index (χ0n) is 17.7. The lowest BCUT2D eigenvalue weighted by molar-refractivity contribution is -0.0329. The zero-order valence-corrected chi connectivity index (χ0v) is 18.5. The van der Waals surface area contributed by atoms with E-state index in [1.165, 1.54) is 11.8 Å². The molecule has 4 nitrogen and oxygen atoms in total. The van der Waals surface area contributed by atoms with Crippen LogP contribution in [-0.4, -0.2) is 73.0 Å². The summed E-state index contributed by atoms with van der Waals surface area (Å²) in [5, 5.41) is 3.30. The molecule has 2 unspecified atom stereocenters. The fourth-order valence-corrected chi connectivity index (χ4v) is 5.76. The van der Waals surface area contributed by atoms with E-state index in [1.54, 1.807) is 11.1 Å². The van der Waals surface area contributed by atoms with Crippen LogP contribution in [-0.2, 0) is 4.74 Å². The van der Waals surface area contributed by atoms with Gasteiger partial charge < -0.3 is 10.1 Å². The van der Waals surface area contributed by atoms with E-state index in [2.05, 4.69) is 28.4 Å². The highest BCUT2D eigenvalue weighted by molar-refractivity contribution is 7.97. The van der Waals surface area contributed by atoms with E-state index in [0.717, 1.165) is 32.6 Å². The van der Waals surface area contributed by atoms with E-state index in [0.29, 0.717) is 24.1 Å². The first-order valence-electron chi connectivity index (χ1n) is 10.8. The Morgan fingerprint density at radius 2 is 1.90 bits per heavy atom. The van der Waals surface area contributed by atoms with Crippen LogP contribution >= 0.6 is 11.9 Å². The Balaban J connectivity index is 1.33. The van der Waals surface area contributed by atoms with Gasteiger partial charge in [0.1, 0.15) is 17.8 Å². The average molecular weight is 426 g/mol. The standard InChI is InChI=1S/C22H33F2N3OS/c1-14(2)13-29-27-10-15-8-26(9-16(15)11-27)18-7-21(25-3)22(28-12-18)19-6-17(23)4-5-20(19)24/h6,14,18,21-22,25H,4-5,7-13H2,1-3H3/t18?,21?,22-/m1/s1. The van der Waals surface area contributed by atoms with Crippen LogP contribution in [0.3, 0.4) is 0 Å². The van der Waals surface area contributed by atoms with Gasteiger partial charge in [-0.1, -0.05) is 25.8 Å². The minimum Gasteiger partial charge on any atom is -0.370 e. The minimum atomic E-state index is -0.410. The molecule has 3 heterocycles. The summed E-state index contributed by atoms with van der Waals surface area (Å²) in [5.41, 5.74) is 3.53. The highest BCUT2D eigenvalue weighted by Crippen LogP contribution is 2.36. The zero-order chi connectivity index (χ0) is 20.5. The van der Waals surface area contributed by atoms with Gasteiger partial charge in [0.05, 0.1) is 6.61 Å². The topological polar surface area (TPSA) is 27.7 Å². The first-order chi connectivity index (χ1) is 13.9. The molecular weight excluding hydrogens is 392 g/mol. The van der Waals surface area contributed by atoms with Gasteiger partial charge in [-0.2, -0.15) is 0 Å². The van der Waals surface area contributed by atoms with Gasteiger partial charge in [0.25, 0.3) is 0 Å². The number of rotatable bonds is 6. The van der Waals surface area contributed by atoms with Crippen molar-refractivity contribution in [2.75, 3.05) is 45.6 Å². The molecule has 0 spiro atoms. The normalized spacial score (nSPS) is 31.8. The van der Waals surface area contributed by atoms with Gasteiger partial charge in [-0.25, -0.2) is 13.1 Å². The summed E-state index contributed by atoms with van der Waals surface area (Å²) in [6.45, 7) is 9.25. The molecule has 4 aliphatic rings. The van der Waals surface area contributed by atoms with Crippen LogP contribution in [0, 0.1) is 5.92 Å². The number of nitrogens with one attached hydrogen (secondary N) is 1. The molecule has 4 rings (SSSR count). The Morgan fingerprint density at radius 1 is 1.17 bits per heavy atom. The Labute approximate surface area is 177 Å². The molecule has 1 N–H and O–H groups in total. The fraction of sp³-hybridized carbons (Fsp3) is 0.727. The van der Waals surface area contributed by atoms with Crippen molar-refractivity contribution >= 4 is 11.9 Å². The van der Waals surface area contributed by atoms with Gasteiger partial charge in [0.2, 0.25) is 0 Å². The molecular formula is C22H33F2N3OS. The van der Waals surface area contributed by atoms with Crippen molar-refractivity contribution in [2.45, 2.75) is 51.3 Å².